The quantitative estimate of drug-likeness (QED) is 0.809. The minimum atomic E-state index is 0. The van der Waals surface area contributed by atoms with Crippen molar-refractivity contribution in [3.63, 3.8) is 0 Å². The Hall–Kier alpha value is -0.320. The summed E-state index contributed by atoms with van der Waals surface area (Å²) in [6.07, 6.45) is 7.20. The van der Waals surface area contributed by atoms with E-state index in [4.69, 9.17) is 4.74 Å². The maximum Gasteiger partial charge on any atom is 0.224 e. The molecule has 2 aliphatic heterocycles. The molecule has 5 heteroatoms. The van der Waals surface area contributed by atoms with E-state index in [1.165, 1.54) is 12.8 Å². The number of nitrogens with one attached hydrogen (secondary N) is 2. The van der Waals surface area contributed by atoms with Crippen LogP contribution in [0.2, 0.25) is 0 Å². The van der Waals surface area contributed by atoms with Gasteiger partial charge in [-0.3, -0.25) is 4.79 Å². The molecule has 4 atom stereocenters. The van der Waals surface area contributed by atoms with Gasteiger partial charge >= 0.3 is 0 Å². The van der Waals surface area contributed by atoms with Crippen LogP contribution in [0.5, 0.6) is 0 Å². The first-order valence-electron chi connectivity index (χ1n) is 7.47. The molecule has 1 amide bonds. The zero-order chi connectivity index (χ0) is 12.4. The third kappa shape index (κ3) is 3.41. The van der Waals surface area contributed by atoms with Gasteiger partial charge in [-0.15, -0.1) is 12.4 Å². The second kappa shape index (κ2) is 6.91. The molecule has 0 aromatic rings. The van der Waals surface area contributed by atoms with Gasteiger partial charge in [-0.05, 0) is 45.1 Å². The molecule has 0 aromatic heterocycles. The average molecular weight is 289 g/mol. The summed E-state index contributed by atoms with van der Waals surface area (Å²) in [5.74, 6) is 1.01. The van der Waals surface area contributed by atoms with Gasteiger partial charge in [-0.1, -0.05) is 0 Å². The Morgan fingerprint density at radius 3 is 2.84 bits per heavy atom. The lowest BCUT2D eigenvalue weighted by Crippen LogP contribution is -2.49. The Bertz CT molecular complexity index is 308. The van der Waals surface area contributed by atoms with E-state index in [0.717, 1.165) is 45.4 Å². The van der Waals surface area contributed by atoms with E-state index in [2.05, 4.69) is 10.6 Å². The van der Waals surface area contributed by atoms with Crippen molar-refractivity contribution in [1.29, 1.82) is 0 Å². The van der Waals surface area contributed by atoms with Crippen LogP contribution in [-0.4, -0.2) is 37.7 Å². The molecule has 0 bridgehead atoms. The van der Waals surface area contributed by atoms with Crippen molar-refractivity contribution in [1.82, 2.24) is 10.6 Å². The normalized spacial score (nSPS) is 38.1. The summed E-state index contributed by atoms with van der Waals surface area (Å²) < 4.78 is 5.75. The fourth-order valence-electron chi connectivity index (χ4n) is 3.73. The molecule has 3 rings (SSSR count). The predicted molar refractivity (Wildman–Crippen MR) is 76.5 cm³/mol. The lowest BCUT2D eigenvalue weighted by atomic mass is 9.81. The highest BCUT2D eigenvalue weighted by atomic mass is 35.5. The van der Waals surface area contributed by atoms with Crippen molar-refractivity contribution in [3.8, 4) is 0 Å². The number of hydrogen-bond donors (Lipinski definition) is 2. The number of amides is 1. The van der Waals surface area contributed by atoms with Crippen LogP contribution in [0.3, 0.4) is 0 Å². The number of carbonyl (C=O) groups is 1. The molecule has 0 spiro atoms. The van der Waals surface area contributed by atoms with Crippen molar-refractivity contribution in [2.75, 3.05) is 19.7 Å². The number of ether oxygens (including phenoxy) is 1. The van der Waals surface area contributed by atoms with Gasteiger partial charge in [0.2, 0.25) is 5.91 Å². The molecule has 1 saturated carbocycles. The number of fused-ring (bicyclic) bond motifs is 1. The maximum atomic E-state index is 12.3. The van der Waals surface area contributed by atoms with Gasteiger partial charge in [0.05, 0.1) is 12.0 Å². The van der Waals surface area contributed by atoms with Gasteiger partial charge in [0.25, 0.3) is 0 Å². The number of hydrogen-bond acceptors (Lipinski definition) is 3. The minimum Gasteiger partial charge on any atom is -0.378 e. The molecular formula is C14H25ClN2O2. The molecule has 110 valence electrons. The van der Waals surface area contributed by atoms with Gasteiger partial charge in [0, 0.05) is 25.1 Å². The highest BCUT2D eigenvalue weighted by molar-refractivity contribution is 5.85. The topological polar surface area (TPSA) is 50.4 Å². The van der Waals surface area contributed by atoms with Crippen LogP contribution < -0.4 is 10.6 Å². The van der Waals surface area contributed by atoms with Crippen LogP contribution in [-0.2, 0) is 9.53 Å². The molecule has 2 N–H and O–H groups in total. The minimum absolute atomic E-state index is 0. The van der Waals surface area contributed by atoms with E-state index >= 15 is 0 Å². The van der Waals surface area contributed by atoms with E-state index in [1.807, 2.05) is 0 Å². The smallest absolute Gasteiger partial charge is 0.224 e. The molecule has 4 nitrogen and oxygen atoms in total. The van der Waals surface area contributed by atoms with E-state index < -0.39 is 0 Å². The van der Waals surface area contributed by atoms with Crippen molar-refractivity contribution in [2.45, 2.75) is 50.7 Å². The first-order chi connectivity index (χ1) is 8.84. The molecule has 3 fully saturated rings. The molecule has 3 aliphatic rings. The Labute approximate surface area is 121 Å². The highest BCUT2D eigenvalue weighted by Gasteiger charge is 2.38. The van der Waals surface area contributed by atoms with Crippen molar-refractivity contribution < 1.29 is 9.53 Å². The Kier molecular flexibility index (Phi) is 5.48. The molecule has 0 aromatic carbocycles. The van der Waals surface area contributed by atoms with Gasteiger partial charge in [0.15, 0.2) is 0 Å². The standard InChI is InChI=1S/C14H24N2O2.ClH/c17-14(10-3-2-7-15-9-10)16-12-4-1-5-13-11(12)6-8-18-13;/h10-13,15H,1-9H2,(H,16,17);1H. The van der Waals surface area contributed by atoms with Crippen molar-refractivity contribution >= 4 is 18.3 Å². The second-order valence-electron chi connectivity index (χ2n) is 5.95. The van der Waals surface area contributed by atoms with Gasteiger partial charge < -0.3 is 15.4 Å². The fourth-order valence-corrected chi connectivity index (χ4v) is 3.73. The van der Waals surface area contributed by atoms with Crippen LogP contribution in [0, 0.1) is 11.8 Å². The van der Waals surface area contributed by atoms with Crippen LogP contribution >= 0.6 is 12.4 Å². The summed E-state index contributed by atoms with van der Waals surface area (Å²) in [6, 6.07) is 0.362. The summed E-state index contributed by atoms with van der Waals surface area (Å²) in [5.41, 5.74) is 0. The monoisotopic (exact) mass is 288 g/mol. The third-order valence-electron chi connectivity index (χ3n) is 4.78. The van der Waals surface area contributed by atoms with E-state index in [1.54, 1.807) is 0 Å². The largest absolute Gasteiger partial charge is 0.378 e. The lowest BCUT2D eigenvalue weighted by molar-refractivity contribution is -0.127. The molecular weight excluding hydrogens is 264 g/mol. The maximum absolute atomic E-state index is 12.3. The number of carbonyl (C=O) groups excluding carboxylic acids is 1. The van der Waals surface area contributed by atoms with Gasteiger partial charge in [-0.2, -0.15) is 0 Å². The second-order valence-corrected chi connectivity index (χ2v) is 5.95. The van der Waals surface area contributed by atoms with E-state index in [0.29, 0.717) is 18.1 Å². The van der Waals surface area contributed by atoms with E-state index in [9.17, 15) is 4.79 Å². The van der Waals surface area contributed by atoms with Crippen LogP contribution in [0.1, 0.15) is 38.5 Å². The summed E-state index contributed by atoms with van der Waals surface area (Å²) in [4.78, 5) is 12.3. The van der Waals surface area contributed by atoms with Gasteiger partial charge in [0.1, 0.15) is 0 Å². The molecule has 2 saturated heterocycles. The number of halogens is 1. The molecule has 4 unspecified atom stereocenters. The zero-order valence-corrected chi connectivity index (χ0v) is 12.2. The van der Waals surface area contributed by atoms with Crippen LogP contribution in [0.25, 0.3) is 0 Å². The summed E-state index contributed by atoms with van der Waals surface area (Å²) in [5, 5.41) is 6.61. The number of rotatable bonds is 2. The third-order valence-corrected chi connectivity index (χ3v) is 4.78. The fraction of sp³-hybridized carbons (Fsp3) is 0.929. The van der Waals surface area contributed by atoms with Crippen molar-refractivity contribution in [3.05, 3.63) is 0 Å². The first kappa shape index (κ1) is 15.1. The zero-order valence-electron chi connectivity index (χ0n) is 11.4. The predicted octanol–water partition coefficient (Wildman–Crippen LogP) is 1.48. The van der Waals surface area contributed by atoms with Gasteiger partial charge in [-0.25, -0.2) is 0 Å². The van der Waals surface area contributed by atoms with E-state index in [-0.39, 0.29) is 24.2 Å². The Morgan fingerprint density at radius 1 is 1.16 bits per heavy atom. The molecule has 2 heterocycles. The molecule has 1 aliphatic carbocycles. The van der Waals surface area contributed by atoms with Crippen LogP contribution in [0.4, 0.5) is 0 Å². The van der Waals surface area contributed by atoms with Crippen molar-refractivity contribution in [2.24, 2.45) is 11.8 Å². The number of piperidine rings is 1. The molecule has 19 heavy (non-hydrogen) atoms. The lowest BCUT2D eigenvalue weighted by Gasteiger charge is -2.34. The highest BCUT2D eigenvalue weighted by Crippen LogP contribution is 2.34. The van der Waals surface area contributed by atoms with Crippen LogP contribution in [0.15, 0.2) is 0 Å². The Morgan fingerprint density at radius 2 is 2.05 bits per heavy atom. The SMILES string of the molecule is Cl.O=C(NC1CCCC2OCCC12)C1CCCNC1. The summed E-state index contributed by atoms with van der Waals surface area (Å²) in [6.45, 7) is 2.79. The Balaban J connectivity index is 0.00000133. The molecule has 0 radical (unpaired) electrons. The summed E-state index contributed by atoms with van der Waals surface area (Å²) in [7, 11) is 0. The summed E-state index contributed by atoms with van der Waals surface area (Å²) >= 11 is 0. The average Bonchev–Trinajstić information content (AvgIpc) is 2.89. The first-order valence-corrected chi connectivity index (χ1v) is 7.47.